The van der Waals surface area contributed by atoms with Crippen molar-refractivity contribution in [1.82, 2.24) is 0 Å². The Hall–Kier alpha value is -3.53. The molecule has 0 amide bonds. The number of anilines is 1. The maximum Gasteiger partial charge on any atom is 0.339 e. The van der Waals surface area contributed by atoms with Gasteiger partial charge in [0.25, 0.3) is 0 Å². The number of esters is 2. The first kappa shape index (κ1) is 20.7. The Balaban J connectivity index is 2.10. The summed E-state index contributed by atoms with van der Waals surface area (Å²) in [6, 6.07) is 6.98. The van der Waals surface area contributed by atoms with E-state index >= 15 is 0 Å². The zero-order valence-electron chi connectivity index (χ0n) is 17.8. The van der Waals surface area contributed by atoms with E-state index in [1.54, 1.807) is 36.1 Å². The molecule has 2 N–H and O–H groups in total. The molecule has 0 unspecified atom stereocenters. The molecule has 0 aromatic heterocycles. The van der Waals surface area contributed by atoms with Gasteiger partial charge in [0.2, 0.25) is 0 Å². The second-order valence-electron chi connectivity index (χ2n) is 8.67. The predicted octanol–water partition coefficient (Wildman–Crippen LogP) is 2.31. The Kier molecular flexibility index (Phi) is 4.69. The predicted molar refractivity (Wildman–Crippen MR) is 113 cm³/mol. The number of allylic oxidation sites excluding steroid dienone is 1. The van der Waals surface area contributed by atoms with Gasteiger partial charge in [-0.1, -0.05) is 38.0 Å². The van der Waals surface area contributed by atoms with Crippen LogP contribution in [0.5, 0.6) is 0 Å². The van der Waals surface area contributed by atoms with Gasteiger partial charge in [0, 0.05) is 24.1 Å². The van der Waals surface area contributed by atoms with Gasteiger partial charge in [-0.3, -0.25) is 4.79 Å². The summed E-state index contributed by atoms with van der Waals surface area (Å²) in [5.74, 6) is 1.07. The average molecular weight is 420 g/mol. The Morgan fingerprint density at radius 3 is 2.68 bits per heavy atom. The number of ether oxygens (including phenoxy) is 2. The molecule has 2 aliphatic heterocycles. The van der Waals surface area contributed by atoms with E-state index in [1.807, 2.05) is 13.8 Å². The van der Waals surface area contributed by atoms with Crippen LogP contribution in [0.3, 0.4) is 0 Å². The van der Waals surface area contributed by atoms with Crippen molar-refractivity contribution >= 4 is 23.4 Å². The lowest BCUT2D eigenvalue weighted by atomic mass is 9.62. The highest BCUT2D eigenvalue weighted by Crippen LogP contribution is 2.57. The van der Waals surface area contributed by atoms with Crippen molar-refractivity contribution in [3.05, 3.63) is 52.6 Å². The molecule has 1 aromatic rings. The highest BCUT2D eigenvalue weighted by Gasteiger charge is 2.64. The van der Waals surface area contributed by atoms with Crippen LogP contribution in [0, 0.1) is 17.8 Å². The Bertz CT molecular complexity index is 1120. The molecule has 0 saturated carbocycles. The second kappa shape index (κ2) is 7.02. The second-order valence-corrected chi connectivity index (χ2v) is 8.67. The number of nitrogens with two attached hydrogens (primary N) is 1. The highest BCUT2D eigenvalue weighted by atomic mass is 16.5. The molecule has 1 spiro atoms. The summed E-state index contributed by atoms with van der Waals surface area (Å²) in [4.78, 5) is 41.8. The van der Waals surface area contributed by atoms with E-state index in [0.717, 1.165) is 0 Å². The number of terminal acetylenes is 1. The fourth-order valence-electron chi connectivity index (χ4n) is 4.87. The van der Waals surface area contributed by atoms with Crippen molar-refractivity contribution in [1.29, 1.82) is 0 Å². The number of nitrogens with zero attached hydrogens (tertiary/aromatic N) is 1. The Labute approximate surface area is 180 Å². The molecule has 0 radical (unpaired) electrons. The summed E-state index contributed by atoms with van der Waals surface area (Å²) in [7, 11) is 0. The lowest BCUT2D eigenvalue weighted by molar-refractivity contribution is -0.146. The van der Waals surface area contributed by atoms with Crippen molar-refractivity contribution in [2.75, 3.05) is 18.1 Å². The van der Waals surface area contributed by atoms with Crippen LogP contribution in [0.1, 0.15) is 39.2 Å². The van der Waals surface area contributed by atoms with E-state index in [0.29, 0.717) is 23.4 Å². The van der Waals surface area contributed by atoms with Crippen molar-refractivity contribution in [2.24, 2.45) is 11.1 Å². The summed E-state index contributed by atoms with van der Waals surface area (Å²) in [6.07, 6.45) is 6.16. The molecule has 0 fully saturated rings. The lowest BCUT2D eigenvalue weighted by Crippen LogP contribution is -2.51. The third-order valence-corrected chi connectivity index (χ3v) is 5.98. The Morgan fingerprint density at radius 2 is 2.00 bits per heavy atom. The number of para-hydroxylation sites is 1. The molecule has 7 heteroatoms. The number of hydrogen-bond donors (Lipinski definition) is 1. The summed E-state index contributed by atoms with van der Waals surface area (Å²) in [5, 5.41) is 0. The molecule has 0 bridgehead atoms. The van der Waals surface area contributed by atoms with Gasteiger partial charge in [-0.2, -0.15) is 0 Å². The third-order valence-electron chi connectivity index (χ3n) is 5.98. The first-order chi connectivity index (χ1) is 14.7. The molecule has 1 aromatic carbocycles. The minimum absolute atomic E-state index is 0.0153. The number of hydrogen-bond acceptors (Lipinski definition) is 7. The van der Waals surface area contributed by atoms with E-state index in [-0.39, 0.29) is 47.7 Å². The Morgan fingerprint density at radius 1 is 1.29 bits per heavy atom. The number of ketones is 1. The number of carbonyl (C=O) groups is 3. The van der Waals surface area contributed by atoms with Gasteiger partial charge in [-0.15, -0.1) is 6.42 Å². The van der Waals surface area contributed by atoms with Gasteiger partial charge in [-0.05, 0) is 18.4 Å². The normalized spacial score (nSPS) is 24.0. The monoisotopic (exact) mass is 420 g/mol. The van der Waals surface area contributed by atoms with Crippen molar-refractivity contribution in [2.45, 2.75) is 39.0 Å². The van der Waals surface area contributed by atoms with Crippen LogP contribution in [0.25, 0.3) is 0 Å². The van der Waals surface area contributed by atoms with Gasteiger partial charge >= 0.3 is 11.9 Å². The summed E-state index contributed by atoms with van der Waals surface area (Å²) < 4.78 is 11.0. The van der Waals surface area contributed by atoms with Gasteiger partial charge in [-0.25, -0.2) is 9.59 Å². The van der Waals surface area contributed by atoms with Crippen LogP contribution in [-0.2, 0) is 29.3 Å². The van der Waals surface area contributed by atoms with Crippen LogP contribution in [-0.4, -0.2) is 30.9 Å². The van der Waals surface area contributed by atoms with Gasteiger partial charge in [0.15, 0.2) is 11.2 Å². The maximum atomic E-state index is 13.6. The molecule has 3 aliphatic rings. The quantitative estimate of drug-likeness (QED) is 0.592. The standard InChI is InChI=1S/C24H24N2O5/c1-5-11-26-15-10-8-7-9-14(15)24(19(20(26)25)21(28)30-6-2)18-16(27)12-23(3,4)13-17(18)31-22(24)29/h1,7-10H,6,11-13,25H2,2-4H3/t24-/m0/s1. The molecule has 7 nitrogen and oxygen atoms in total. The highest BCUT2D eigenvalue weighted by molar-refractivity contribution is 6.18. The van der Waals surface area contributed by atoms with Crippen LogP contribution < -0.4 is 10.6 Å². The average Bonchev–Trinajstić information content (AvgIpc) is 2.96. The lowest BCUT2D eigenvalue weighted by Gasteiger charge is -2.41. The number of rotatable bonds is 3. The number of carbonyl (C=O) groups excluding carboxylic acids is 3. The fraction of sp³-hybridized carbons (Fsp3) is 0.375. The van der Waals surface area contributed by atoms with E-state index in [2.05, 4.69) is 5.92 Å². The van der Waals surface area contributed by atoms with Crippen molar-refractivity contribution in [3.8, 4) is 12.3 Å². The maximum absolute atomic E-state index is 13.6. The molecular formula is C24H24N2O5. The minimum Gasteiger partial charge on any atom is -0.462 e. The van der Waals surface area contributed by atoms with E-state index in [9.17, 15) is 14.4 Å². The largest absolute Gasteiger partial charge is 0.462 e. The van der Waals surface area contributed by atoms with Crippen LogP contribution in [0.2, 0.25) is 0 Å². The molecular weight excluding hydrogens is 396 g/mol. The zero-order valence-corrected chi connectivity index (χ0v) is 17.8. The summed E-state index contributed by atoms with van der Waals surface area (Å²) in [5.41, 5.74) is 5.36. The first-order valence-corrected chi connectivity index (χ1v) is 10.2. The molecule has 2 heterocycles. The van der Waals surface area contributed by atoms with Crippen LogP contribution >= 0.6 is 0 Å². The molecule has 0 saturated heterocycles. The smallest absolute Gasteiger partial charge is 0.339 e. The number of fused-ring (bicyclic) bond motifs is 3. The zero-order chi connectivity index (χ0) is 22.6. The molecule has 160 valence electrons. The summed E-state index contributed by atoms with van der Waals surface area (Å²) in [6.45, 7) is 5.68. The van der Waals surface area contributed by atoms with E-state index in [1.165, 1.54) is 0 Å². The van der Waals surface area contributed by atoms with Gasteiger partial charge in [0.05, 0.1) is 18.7 Å². The minimum atomic E-state index is -1.78. The topological polar surface area (TPSA) is 98.9 Å². The van der Waals surface area contributed by atoms with Crippen molar-refractivity contribution < 1.29 is 23.9 Å². The SMILES string of the molecule is C#CCN1C(N)=C(C(=O)OCC)[C@]2(C(=O)OC3=C2C(=O)CC(C)(C)C3)c2ccccc21. The van der Waals surface area contributed by atoms with Crippen LogP contribution in [0.15, 0.2) is 47.0 Å². The first-order valence-electron chi connectivity index (χ1n) is 10.2. The van der Waals surface area contributed by atoms with Gasteiger partial charge in [0.1, 0.15) is 17.2 Å². The molecule has 1 atom stereocenters. The summed E-state index contributed by atoms with van der Waals surface area (Å²) >= 11 is 0. The van der Waals surface area contributed by atoms with Crippen LogP contribution in [0.4, 0.5) is 5.69 Å². The fourth-order valence-corrected chi connectivity index (χ4v) is 4.87. The van der Waals surface area contributed by atoms with Gasteiger partial charge < -0.3 is 20.1 Å². The molecule has 1 aliphatic carbocycles. The molecule has 4 rings (SSSR count). The van der Waals surface area contributed by atoms with Crippen molar-refractivity contribution in [3.63, 3.8) is 0 Å². The number of benzene rings is 1. The molecule has 31 heavy (non-hydrogen) atoms. The van der Waals surface area contributed by atoms with E-state index in [4.69, 9.17) is 21.6 Å². The number of Topliss-reactive ketones (excluding diaryl/α,β-unsaturated/α-hetero) is 1. The van der Waals surface area contributed by atoms with E-state index < -0.39 is 17.4 Å². The third kappa shape index (κ3) is 2.78.